The van der Waals surface area contributed by atoms with Crippen molar-refractivity contribution in [2.24, 2.45) is 11.1 Å². The monoisotopic (exact) mass is 570 g/mol. The molecule has 0 unspecified atom stereocenters. The van der Waals surface area contributed by atoms with Crippen molar-refractivity contribution in [3.63, 3.8) is 0 Å². The minimum Gasteiger partial charge on any atom is -0.476 e. The molecule has 1 aliphatic rings. The minimum absolute atomic E-state index is 0.108. The molecule has 2 heterocycles. The molecule has 12 heteroatoms. The smallest absolute Gasteiger partial charge is 0.355 e. The van der Waals surface area contributed by atoms with Gasteiger partial charge in [-0.05, 0) is 68.0 Å². The van der Waals surface area contributed by atoms with Crippen LogP contribution < -0.4 is 5.14 Å². The van der Waals surface area contributed by atoms with E-state index < -0.39 is 32.5 Å². The van der Waals surface area contributed by atoms with Gasteiger partial charge in [0.2, 0.25) is 15.2 Å². The summed E-state index contributed by atoms with van der Waals surface area (Å²) in [6, 6.07) is 8.37. The highest BCUT2D eigenvalue weighted by molar-refractivity contribution is 7.89. The number of hydrogen-bond acceptors (Lipinski definition) is 6. The van der Waals surface area contributed by atoms with Crippen LogP contribution in [0.25, 0.3) is 22.5 Å². The average molecular weight is 571 g/mol. The van der Waals surface area contributed by atoms with E-state index in [0.29, 0.717) is 39.9 Å². The van der Waals surface area contributed by atoms with Crippen molar-refractivity contribution in [1.82, 2.24) is 14.8 Å². The second-order valence-corrected chi connectivity index (χ2v) is 11.7. The van der Waals surface area contributed by atoms with Crippen molar-refractivity contribution in [3.05, 3.63) is 87.6 Å². The zero-order valence-electron chi connectivity index (χ0n) is 20.8. The fourth-order valence-corrected chi connectivity index (χ4v) is 5.77. The molecule has 8 nitrogen and oxygen atoms in total. The van der Waals surface area contributed by atoms with Crippen LogP contribution in [0, 0.1) is 17.6 Å². The van der Waals surface area contributed by atoms with Crippen molar-refractivity contribution in [2.75, 3.05) is 0 Å². The van der Waals surface area contributed by atoms with Gasteiger partial charge in [-0.25, -0.2) is 36.8 Å². The second kappa shape index (κ2) is 10.4. The molecule has 1 aliphatic carbocycles. The summed E-state index contributed by atoms with van der Waals surface area (Å²) in [6.07, 6.45) is 6.23. The summed E-state index contributed by atoms with van der Waals surface area (Å²) in [4.78, 5) is 15.1. The molecule has 0 amide bonds. The van der Waals surface area contributed by atoms with Crippen LogP contribution in [0.4, 0.5) is 8.78 Å². The molecule has 0 atom stereocenters. The quantitative estimate of drug-likeness (QED) is 0.285. The number of benzene rings is 2. The normalized spacial score (nSPS) is 13.8. The molecule has 0 spiro atoms. The van der Waals surface area contributed by atoms with Gasteiger partial charge in [0.1, 0.15) is 16.5 Å². The van der Waals surface area contributed by atoms with E-state index in [1.165, 1.54) is 17.5 Å². The first kappa shape index (κ1) is 26.9. The fourth-order valence-electron chi connectivity index (χ4n) is 4.41. The number of aromatic nitrogens is 3. The van der Waals surface area contributed by atoms with Gasteiger partial charge in [-0.2, -0.15) is 5.10 Å². The lowest BCUT2D eigenvalue weighted by Gasteiger charge is -2.10. The maximum atomic E-state index is 14.7. The molecule has 1 fully saturated rings. The Morgan fingerprint density at radius 1 is 1.21 bits per heavy atom. The van der Waals surface area contributed by atoms with E-state index in [9.17, 15) is 27.1 Å². The summed E-state index contributed by atoms with van der Waals surface area (Å²) in [5.74, 6) is -2.12. The number of carbonyl (C=O) groups is 1. The summed E-state index contributed by atoms with van der Waals surface area (Å²) >= 11 is 1.13. The Kier molecular flexibility index (Phi) is 7.19. The highest BCUT2D eigenvalue weighted by Gasteiger charge is 2.29. The standard InChI is InChI=1S/C27H24F2N4O4S2/c1-2-3-17-13-18(7-8-20(17)28)25-19(10-16-6-9-24(21(29)11-16)39(30,36)37)23(12-15-4-5-15)33(32-25)27-31-22(14-38-27)26(34)35/h2-3,6-9,11,13-15H,4-5,10,12H2,1H3,(H,34,35)(H2,30,36,37). The van der Waals surface area contributed by atoms with Crippen LogP contribution in [0.5, 0.6) is 0 Å². The van der Waals surface area contributed by atoms with Crippen LogP contribution in [-0.4, -0.2) is 34.3 Å². The third-order valence-electron chi connectivity index (χ3n) is 6.46. The fraction of sp³-hybridized carbons (Fsp3) is 0.222. The van der Waals surface area contributed by atoms with E-state index in [1.54, 1.807) is 35.9 Å². The molecule has 4 aromatic rings. The van der Waals surface area contributed by atoms with E-state index in [1.807, 2.05) is 0 Å². The van der Waals surface area contributed by atoms with Gasteiger partial charge in [0.15, 0.2) is 5.69 Å². The number of halogens is 2. The molecule has 0 aliphatic heterocycles. The largest absolute Gasteiger partial charge is 0.476 e. The topological polar surface area (TPSA) is 128 Å². The molecule has 0 radical (unpaired) electrons. The van der Waals surface area contributed by atoms with Gasteiger partial charge < -0.3 is 5.11 Å². The summed E-state index contributed by atoms with van der Waals surface area (Å²) in [5, 5.41) is 21.1. The predicted octanol–water partition coefficient (Wildman–Crippen LogP) is 5.20. The molecular weight excluding hydrogens is 546 g/mol. The van der Waals surface area contributed by atoms with Crippen LogP contribution in [0.15, 0.2) is 52.7 Å². The summed E-state index contributed by atoms with van der Waals surface area (Å²) in [6.45, 7) is 1.78. The Balaban J connectivity index is 1.70. The molecule has 0 bridgehead atoms. The number of nitrogens with two attached hydrogens (primary N) is 1. The molecule has 0 saturated heterocycles. The number of nitrogens with zero attached hydrogens (tertiary/aromatic N) is 3. The van der Waals surface area contributed by atoms with E-state index >= 15 is 0 Å². The molecule has 5 rings (SSSR count). The molecule has 1 saturated carbocycles. The summed E-state index contributed by atoms with van der Waals surface area (Å²) < 4.78 is 54.2. The van der Waals surface area contributed by atoms with Crippen LogP contribution in [0.3, 0.4) is 0 Å². The third kappa shape index (κ3) is 5.68. The number of carboxylic acid groups (broad SMARTS) is 1. The lowest BCUT2D eigenvalue weighted by molar-refractivity contribution is 0.0691. The molecule has 39 heavy (non-hydrogen) atoms. The van der Waals surface area contributed by atoms with Gasteiger partial charge in [-0.3, -0.25) is 0 Å². The van der Waals surface area contributed by atoms with E-state index in [4.69, 9.17) is 10.2 Å². The van der Waals surface area contributed by atoms with Crippen LogP contribution in [0.1, 0.15) is 52.6 Å². The number of thiazole rings is 1. The van der Waals surface area contributed by atoms with Crippen molar-refractivity contribution in [3.8, 4) is 16.4 Å². The Labute approximate surface area is 227 Å². The zero-order chi connectivity index (χ0) is 27.9. The zero-order valence-corrected chi connectivity index (χ0v) is 22.4. The average Bonchev–Trinajstić information content (AvgIpc) is 3.43. The molecule has 202 valence electrons. The summed E-state index contributed by atoms with van der Waals surface area (Å²) in [5.41, 5.74) is 3.39. The third-order valence-corrected chi connectivity index (χ3v) is 8.22. The molecular formula is C27H24F2N4O4S2. The minimum atomic E-state index is -4.23. The number of allylic oxidation sites excluding steroid dienone is 1. The maximum absolute atomic E-state index is 14.7. The van der Waals surface area contributed by atoms with Gasteiger partial charge in [-0.15, -0.1) is 11.3 Å². The lowest BCUT2D eigenvalue weighted by Crippen LogP contribution is -2.14. The maximum Gasteiger partial charge on any atom is 0.355 e. The highest BCUT2D eigenvalue weighted by atomic mass is 32.2. The molecule has 3 N–H and O–H groups in total. The Hall–Kier alpha value is -3.74. The molecule has 2 aromatic carbocycles. The van der Waals surface area contributed by atoms with Gasteiger partial charge in [0.25, 0.3) is 0 Å². The number of sulfonamides is 1. The first-order valence-electron chi connectivity index (χ1n) is 12.1. The van der Waals surface area contributed by atoms with Crippen molar-refractivity contribution < 1.29 is 27.1 Å². The lowest BCUT2D eigenvalue weighted by atomic mass is 9.96. The number of carboxylic acids is 1. The SMILES string of the molecule is CC=Cc1cc(-c2nn(-c3nc(C(=O)O)cs3)c(CC3CC3)c2Cc2ccc(S(N)(=O)=O)c(F)c2)ccc1F. The van der Waals surface area contributed by atoms with Gasteiger partial charge in [0.05, 0.1) is 11.4 Å². The first-order chi connectivity index (χ1) is 18.5. The Bertz CT molecular complexity index is 1720. The van der Waals surface area contributed by atoms with Gasteiger partial charge >= 0.3 is 5.97 Å². The van der Waals surface area contributed by atoms with Crippen LogP contribution in [0.2, 0.25) is 0 Å². The van der Waals surface area contributed by atoms with Crippen LogP contribution in [-0.2, 0) is 22.9 Å². The second-order valence-electron chi connectivity index (χ2n) is 9.38. The van der Waals surface area contributed by atoms with Crippen molar-refractivity contribution in [2.45, 2.75) is 37.5 Å². The van der Waals surface area contributed by atoms with Crippen molar-refractivity contribution in [1.29, 1.82) is 0 Å². The van der Waals surface area contributed by atoms with E-state index in [2.05, 4.69) is 4.98 Å². The Morgan fingerprint density at radius 3 is 2.59 bits per heavy atom. The predicted molar refractivity (Wildman–Crippen MR) is 143 cm³/mol. The summed E-state index contributed by atoms with van der Waals surface area (Å²) in [7, 11) is -4.23. The first-order valence-corrected chi connectivity index (χ1v) is 14.5. The van der Waals surface area contributed by atoms with Gasteiger partial charge in [-0.1, -0.05) is 18.2 Å². The van der Waals surface area contributed by atoms with Crippen molar-refractivity contribution >= 4 is 33.4 Å². The van der Waals surface area contributed by atoms with E-state index in [0.717, 1.165) is 47.6 Å². The highest BCUT2D eigenvalue weighted by Crippen LogP contribution is 2.38. The Morgan fingerprint density at radius 2 is 1.97 bits per heavy atom. The van der Waals surface area contributed by atoms with Crippen LogP contribution >= 0.6 is 11.3 Å². The number of primary sulfonamides is 1. The van der Waals surface area contributed by atoms with Gasteiger partial charge in [0, 0.05) is 28.5 Å². The number of aromatic carboxylic acids is 1. The van der Waals surface area contributed by atoms with E-state index in [-0.39, 0.29) is 12.1 Å². The number of hydrogen-bond donors (Lipinski definition) is 2. The number of rotatable bonds is 9. The molecule has 2 aromatic heterocycles.